The van der Waals surface area contributed by atoms with Crippen LogP contribution in [0.2, 0.25) is 0 Å². The number of carbonyl (C=O) groups excluding carboxylic acids is 1. The normalized spacial score (nSPS) is 15.6. The Hall–Kier alpha value is -2.60. The first-order valence-corrected chi connectivity index (χ1v) is 8.57. The molecule has 1 aliphatic rings. The lowest BCUT2D eigenvalue weighted by atomic mass is 10.1. The number of carbonyl (C=O) groups is 1. The first kappa shape index (κ1) is 16.3. The highest BCUT2D eigenvalue weighted by Gasteiger charge is 2.13. The predicted octanol–water partition coefficient (Wildman–Crippen LogP) is 3.68. The number of aliphatic imine (C=N–C) groups is 1. The molecule has 0 unspecified atom stereocenters. The maximum atomic E-state index is 11.0. The second-order valence-electron chi connectivity index (χ2n) is 5.47. The maximum absolute atomic E-state index is 11.0. The summed E-state index contributed by atoms with van der Waals surface area (Å²) in [5.41, 5.74) is 7.88. The van der Waals surface area contributed by atoms with Gasteiger partial charge >= 0.3 is 0 Å². The highest BCUT2D eigenvalue weighted by atomic mass is 32.2. The van der Waals surface area contributed by atoms with E-state index < -0.39 is 0 Å². The van der Waals surface area contributed by atoms with Crippen LogP contribution in [0, 0.1) is 6.92 Å². The van der Waals surface area contributed by atoms with E-state index in [0.29, 0.717) is 0 Å². The fraction of sp³-hybridized carbons (Fsp3) is 0.167. The van der Waals surface area contributed by atoms with E-state index >= 15 is 0 Å². The molecule has 1 amide bonds. The number of rotatable bonds is 3. The molecule has 0 saturated heterocycles. The molecule has 0 atom stereocenters. The number of nitrogens with zero attached hydrogens (tertiary/aromatic N) is 2. The van der Waals surface area contributed by atoms with Crippen LogP contribution in [-0.4, -0.2) is 22.5 Å². The smallest absolute Gasteiger partial charge is 0.221 e. The molecule has 122 valence electrons. The molecule has 0 saturated carbocycles. The standard InChI is InChI=1S/C18H18N4OS/c1-12-4-3-5-16(10-12)20-18-22-21-17(11-24-18)14-6-8-15(9-7-14)19-13(2)23/h3-10H,11H2,1-2H3,(H,19,23)(H,20,22). The molecule has 5 nitrogen and oxygen atoms in total. The lowest BCUT2D eigenvalue weighted by molar-refractivity contribution is -0.114. The van der Waals surface area contributed by atoms with Gasteiger partial charge in [0.25, 0.3) is 0 Å². The minimum Gasteiger partial charge on any atom is -0.326 e. The van der Waals surface area contributed by atoms with Crippen LogP contribution >= 0.6 is 11.8 Å². The van der Waals surface area contributed by atoms with Crippen molar-refractivity contribution in [2.75, 3.05) is 11.1 Å². The predicted molar refractivity (Wildman–Crippen MR) is 101 cm³/mol. The van der Waals surface area contributed by atoms with Gasteiger partial charge in [-0.15, -0.1) is 0 Å². The largest absolute Gasteiger partial charge is 0.326 e. The van der Waals surface area contributed by atoms with E-state index in [1.807, 2.05) is 55.5 Å². The van der Waals surface area contributed by atoms with Gasteiger partial charge in [0, 0.05) is 18.4 Å². The van der Waals surface area contributed by atoms with Crippen molar-refractivity contribution in [2.24, 2.45) is 10.1 Å². The van der Waals surface area contributed by atoms with Gasteiger partial charge in [-0.2, -0.15) is 5.10 Å². The molecule has 2 N–H and O–H groups in total. The monoisotopic (exact) mass is 338 g/mol. The van der Waals surface area contributed by atoms with Gasteiger partial charge in [0.2, 0.25) is 5.91 Å². The second kappa shape index (κ2) is 7.31. The number of amidine groups is 1. The number of hydrazone groups is 1. The summed E-state index contributed by atoms with van der Waals surface area (Å²) in [4.78, 5) is 15.6. The average Bonchev–Trinajstić information content (AvgIpc) is 2.56. The minimum absolute atomic E-state index is 0.0769. The molecule has 0 fully saturated rings. The number of nitrogens with one attached hydrogen (secondary N) is 2. The second-order valence-corrected chi connectivity index (χ2v) is 6.44. The van der Waals surface area contributed by atoms with Crippen molar-refractivity contribution in [1.29, 1.82) is 0 Å². The molecule has 6 heteroatoms. The van der Waals surface area contributed by atoms with E-state index in [1.54, 1.807) is 11.8 Å². The number of anilines is 1. The molecule has 1 heterocycles. The van der Waals surface area contributed by atoms with E-state index in [9.17, 15) is 4.79 Å². The van der Waals surface area contributed by atoms with Gasteiger partial charge in [0.1, 0.15) is 0 Å². The third-order valence-electron chi connectivity index (χ3n) is 3.40. The number of benzene rings is 2. The summed E-state index contributed by atoms with van der Waals surface area (Å²) < 4.78 is 0. The van der Waals surface area contributed by atoms with Crippen molar-refractivity contribution < 1.29 is 4.79 Å². The fourth-order valence-electron chi connectivity index (χ4n) is 2.29. The van der Waals surface area contributed by atoms with E-state index in [1.165, 1.54) is 12.5 Å². The summed E-state index contributed by atoms with van der Waals surface area (Å²) in [5.74, 6) is 0.670. The molecule has 0 bridgehead atoms. The minimum atomic E-state index is -0.0769. The maximum Gasteiger partial charge on any atom is 0.221 e. The highest BCUT2D eigenvalue weighted by Crippen LogP contribution is 2.20. The first-order chi connectivity index (χ1) is 11.6. The summed E-state index contributed by atoms with van der Waals surface area (Å²) in [6, 6.07) is 15.7. The molecule has 0 spiro atoms. The third-order valence-corrected chi connectivity index (χ3v) is 4.28. The Morgan fingerprint density at radius 1 is 1.25 bits per heavy atom. The Kier molecular flexibility index (Phi) is 4.96. The van der Waals surface area contributed by atoms with Gasteiger partial charge < -0.3 is 5.32 Å². The number of amides is 1. The van der Waals surface area contributed by atoms with Gasteiger partial charge in [-0.3, -0.25) is 10.2 Å². The van der Waals surface area contributed by atoms with Crippen LogP contribution in [0.5, 0.6) is 0 Å². The van der Waals surface area contributed by atoms with Crippen LogP contribution in [0.4, 0.5) is 11.4 Å². The lowest BCUT2D eigenvalue weighted by Crippen LogP contribution is -2.25. The number of thioether (sulfide) groups is 1. The van der Waals surface area contributed by atoms with E-state index in [0.717, 1.165) is 33.6 Å². The van der Waals surface area contributed by atoms with Gasteiger partial charge in [0.05, 0.1) is 11.4 Å². The zero-order valence-corrected chi connectivity index (χ0v) is 14.4. The van der Waals surface area contributed by atoms with Crippen LogP contribution < -0.4 is 10.7 Å². The molecule has 0 radical (unpaired) electrons. The van der Waals surface area contributed by atoms with Crippen molar-refractivity contribution in [3.8, 4) is 0 Å². The third kappa shape index (κ3) is 4.23. The summed E-state index contributed by atoms with van der Waals surface area (Å²) in [6.07, 6.45) is 0. The van der Waals surface area contributed by atoms with Crippen molar-refractivity contribution in [2.45, 2.75) is 13.8 Å². The molecule has 0 aromatic heterocycles. The van der Waals surface area contributed by atoms with E-state index in [-0.39, 0.29) is 5.91 Å². The molecule has 1 aliphatic heterocycles. The quantitative estimate of drug-likeness (QED) is 0.897. The van der Waals surface area contributed by atoms with Crippen LogP contribution in [-0.2, 0) is 4.79 Å². The molecule has 2 aromatic carbocycles. The van der Waals surface area contributed by atoms with E-state index in [4.69, 9.17) is 0 Å². The molecular weight excluding hydrogens is 320 g/mol. The van der Waals surface area contributed by atoms with Crippen molar-refractivity contribution >= 4 is 39.9 Å². The van der Waals surface area contributed by atoms with Crippen LogP contribution in [0.3, 0.4) is 0 Å². The Balaban J connectivity index is 1.70. The summed E-state index contributed by atoms with van der Waals surface area (Å²) in [7, 11) is 0. The highest BCUT2D eigenvalue weighted by molar-refractivity contribution is 8.14. The van der Waals surface area contributed by atoms with Crippen LogP contribution in [0.15, 0.2) is 58.6 Å². The van der Waals surface area contributed by atoms with Gasteiger partial charge in [0.15, 0.2) is 5.17 Å². The van der Waals surface area contributed by atoms with Crippen molar-refractivity contribution in [1.82, 2.24) is 5.43 Å². The Labute approximate surface area is 145 Å². The zero-order chi connectivity index (χ0) is 16.9. The number of hydrogen-bond acceptors (Lipinski definition) is 4. The zero-order valence-electron chi connectivity index (χ0n) is 13.5. The number of hydrogen-bond donors (Lipinski definition) is 2. The average molecular weight is 338 g/mol. The van der Waals surface area contributed by atoms with Gasteiger partial charge in [-0.1, -0.05) is 36.0 Å². The van der Waals surface area contributed by atoms with Crippen LogP contribution in [0.1, 0.15) is 18.1 Å². The Morgan fingerprint density at radius 2 is 2.04 bits per heavy atom. The first-order valence-electron chi connectivity index (χ1n) is 7.59. The molecule has 2 aromatic rings. The molecular formula is C18H18N4OS. The van der Waals surface area contributed by atoms with Crippen molar-refractivity contribution in [3.63, 3.8) is 0 Å². The molecule has 24 heavy (non-hydrogen) atoms. The van der Waals surface area contributed by atoms with Crippen molar-refractivity contribution in [3.05, 3.63) is 59.7 Å². The van der Waals surface area contributed by atoms with Gasteiger partial charge in [-0.25, -0.2) is 4.99 Å². The Morgan fingerprint density at radius 3 is 2.67 bits per heavy atom. The molecule has 3 rings (SSSR count). The summed E-state index contributed by atoms with van der Waals surface area (Å²) in [6.45, 7) is 3.54. The number of aryl methyl sites for hydroxylation is 1. The van der Waals surface area contributed by atoms with E-state index in [2.05, 4.69) is 20.8 Å². The summed E-state index contributed by atoms with van der Waals surface area (Å²) >= 11 is 1.62. The topological polar surface area (TPSA) is 65.8 Å². The lowest BCUT2D eigenvalue weighted by Gasteiger charge is -2.15. The fourth-order valence-corrected chi connectivity index (χ4v) is 3.07. The van der Waals surface area contributed by atoms with Gasteiger partial charge in [-0.05, 0) is 42.3 Å². The SMILES string of the molecule is CC(=O)Nc1ccc(C2=NNC(=Nc3cccc(C)c3)SC2)cc1. The Bertz CT molecular complexity index is 812. The summed E-state index contributed by atoms with van der Waals surface area (Å²) in [5, 5.41) is 7.96. The molecule has 0 aliphatic carbocycles. The van der Waals surface area contributed by atoms with Crippen LogP contribution in [0.25, 0.3) is 0 Å².